The maximum atomic E-state index is 12.5. The van der Waals surface area contributed by atoms with E-state index in [-0.39, 0.29) is 17.4 Å². The van der Waals surface area contributed by atoms with Crippen LogP contribution in [0, 0.1) is 0 Å². The molecule has 0 aliphatic carbocycles. The number of primary sulfonamides is 1. The lowest BCUT2D eigenvalue weighted by Crippen LogP contribution is -2.40. The molecule has 0 aromatic heterocycles. The highest BCUT2D eigenvalue weighted by Gasteiger charge is 2.27. The Balaban J connectivity index is 1.35. The molecule has 164 valence electrons. The first-order valence-corrected chi connectivity index (χ1v) is 11.1. The minimum Gasteiger partial charge on any atom is -0.485 e. The summed E-state index contributed by atoms with van der Waals surface area (Å²) in [5, 5.41) is 10.5. The van der Waals surface area contributed by atoms with Crippen LogP contribution in [-0.2, 0) is 14.8 Å². The number of nitrogens with two attached hydrogens (primary N) is 1. The fourth-order valence-corrected chi connectivity index (χ4v) is 3.52. The van der Waals surface area contributed by atoms with Gasteiger partial charge in [0.05, 0.1) is 4.90 Å². The van der Waals surface area contributed by atoms with Crippen LogP contribution in [0.1, 0.15) is 10.4 Å². The number of rotatable bonds is 5. The number of para-hydroxylation sites is 2. The molecule has 10 heteroatoms. The second kappa shape index (κ2) is 8.69. The topological polar surface area (TPSA) is 137 Å². The van der Waals surface area contributed by atoms with Gasteiger partial charge in [0.1, 0.15) is 6.61 Å². The number of hydrogen-bond acceptors (Lipinski definition) is 6. The molecule has 1 aliphatic heterocycles. The van der Waals surface area contributed by atoms with E-state index >= 15 is 0 Å². The van der Waals surface area contributed by atoms with E-state index in [4.69, 9.17) is 14.6 Å². The van der Waals surface area contributed by atoms with E-state index in [1.807, 2.05) is 6.07 Å². The summed E-state index contributed by atoms with van der Waals surface area (Å²) in [6.07, 6.45) is -0.798. The van der Waals surface area contributed by atoms with E-state index in [2.05, 4.69) is 10.6 Å². The minimum absolute atomic E-state index is 0.0496. The summed E-state index contributed by atoms with van der Waals surface area (Å²) < 4.78 is 33.8. The molecule has 1 aliphatic rings. The highest BCUT2D eigenvalue weighted by Crippen LogP contribution is 2.31. The van der Waals surface area contributed by atoms with Gasteiger partial charge in [0, 0.05) is 16.9 Å². The van der Waals surface area contributed by atoms with Crippen molar-refractivity contribution in [3.8, 4) is 11.5 Å². The molecule has 0 unspecified atom stereocenters. The minimum atomic E-state index is -3.80. The van der Waals surface area contributed by atoms with E-state index in [9.17, 15) is 18.0 Å². The van der Waals surface area contributed by atoms with Crippen molar-refractivity contribution in [3.05, 3.63) is 78.4 Å². The third kappa shape index (κ3) is 4.88. The Morgan fingerprint density at radius 2 is 1.44 bits per heavy atom. The van der Waals surface area contributed by atoms with Gasteiger partial charge in [-0.3, -0.25) is 9.59 Å². The highest BCUT2D eigenvalue weighted by atomic mass is 32.2. The summed E-state index contributed by atoms with van der Waals surface area (Å²) in [4.78, 5) is 24.9. The molecule has 32 heavy (non-hydrogen) atoms. The number of sulfonamides is 1. The number of hydrogen-bond donors (Lipinski definition) is 3. The monoisotopic (exact) mass is 453 g/mol. The zero-order valence-electron chi connectivity index (χ0n) is 16.6. The number of fused-ring (bicyclic) bond motifs is 1. The second-order valence-corrected chi connectivity index (χ2v) is 8.52. The summed E-state index contributed by atoms with van der Waals surface area (Å²) >= 11 is 0. The quantitative estimate of drug-likeness (QED) is 0.542. The molecule has 3 aromatic rings. The second-order valence-electron chi connectivity index (χ2n) is 6.95. The lowest BCUT2D eigenvalue weighted by molar-refractivity contribution is -0.125. The number of carbonyl (C=O) groups excluding carboxylic acids is 2. The van der Waals surface area contributed by atoms with Crippen molar-refractivity contribution in [2.24, 2.45) is 5.14 Å². The van der Waals surface area contributed by atoms with Crippen molar-refractivity contribution >= 4 is 33.2 Å². The van der Waals surface area contributed by atoms with Gasteiger partial charge in [-0.1, -0.05) is 12.1 Å². The zero-order chi connectivity index (χ0) is 22.7. The maximum absolute atomic E-state index is 12.5. The summed E-state index contributed by atoms with van der Waals surface area (Å²) in [6.45, 7) is 0.0909. The lowest BCUT2D eigenvalue weighted by Gasteiger charge is -2.25. The first-order valence-electron chi connectivity index (χ1n) is 9.53. The molecule has 0 saturated heterocycles. The van der Waals surface area contributed by atoms with Crippen LogP contribution in [0.5, 0.6) is 11.5 Å². The summed E-state index contributed by atoms with van der Waals surface area (Å²) in [7, 11) is -3.80. The van der Waals surface area contributed by atoms with Crippen LogP contribution in [0.2, 0.25) is 0 Å². The van der Waals surface area contributed by atoms with Gasteiger partial charge in [-0.05, 0) is 60.7 Å². The van der Waals surface area contributed by atoms with Gasteiger partial charge in [0.2, 0.25) is 16.1 Å². The summed E-state index contributed by atoms with van der Waals surface area (Å²) in [6, 6.07) is 18.9. The SMILES string of the molecule is NS(=O)(=O)c1ccc(NC(=O)c2ccc(NC(=O)[C@H]3COc4ccccc4O3)cc2)cc1. The molecule has 0 bridgehead atoms. The van der Waals surface area contributed by atoms with Crippen molar-refractivity contribution in [1.29, 1.82) is 0 Å². The molecular weight excluding hydrogens is 434 g/mol. The largest absolute Gasteiger partial charge is 0.485 e. The fourth-order valence-electron chi connectivity index (χ4n) is 3.01. The first-order chi connectivity index (χ1) is 15.3. The van der Waals surface area contributed by atoms with Crippen molar-refractivity contribution in [3.63, 3.8) is 0 Å². The van der Waals surface area contributed by atoms with Gasteiger partial charge < -0.3 is 20.1 Å². The average molecular weight is 453 g/mol. The van der Waals surface area contributed by atoms with Crippen LogP contribution in [-0.4, -0.2) is 32.9 Å². The Morgan fingerprint density at radius 1 is 0.844 bits per heavy atom. The van der Waals surface area contributed by atoms with Crippen LogP contribution in [0.25, 0.3) is 0 Å². The Morgan fingerprint density at radius 3 is 2.09 bits per heavy atom. The van der Waals surface area contributed by atoms with Crippen molar-refractivity contribution < 1.29 is 27.5 Å². The molecule has 0 fully saturated rings. The van der Waals surface area contributed by atoms with Gasteiger partial charge in [0.25, 0.3) is 11.8 Å². The van der Waals surface area contributed by atoms with Gasteiger partial charge >= 0.3 is 0 Å². The molecule has 0 spiro atoms. The smallest absolute Gasteiger partial charge is 0.269 e. The number of amides is 2. The number of anilines is 2. The van der Waals surface area contributed by atoms with Gasteiger partial charge in [-0.25, -0.2) is 13.6 Å². The van der Waals surface area contributed by atoms with Gasteiger partial charge in [0.15, 0.2) is 11.5 Å². The van der Waals surface area contributed by atoms with Crippen molar-refractivity contribution in [2.75, 3.05) is 17.2 Å². The Bertz CT molecular complexity index is 1260. The number of benzene rings is 3. The predicted octanol–water partition coefficient (Wildman–Crippen LogP) is 2.36. The molecular formula is C22H19N3O6S. The van der Waals surface area contributed by atoms with Crippen LogP contribution < -0.4 is 25.2 Å². The standard InChI is InChI=1S/C22H19N3O6S/c23-32(28,29)17-11-9-16(10-12-17)24-21(26)14-5-7-15(8-6-14)25-22(27)20-13-30-18-3-1-2-4-19(18)31-20/h1-12,20H,13H2,(H,24,26)(H,25,27)(H2,23,28,29)/t20-/m1/s1. The van der Waals surface area contributed by atoms with Gasteiger partial charge in [-0.15, -0.1) is 0 Å². The van der Waals surface area contributed by atoms with Crippen molar-refractivity contribution in [1.82, 2.24) is 0 Å². The predicted molar refractivity (Wildman–Crippen MR) is 117 cm³/mol. The van der Waals surface area contributed by atoms with Crippen molar-refractivity contribution in [2.45, 2.75) is 11.0 Å². The highest BCUT2D eigenvalue weighted by molar-refractivity contribution is 7.89. The van der Waals surface area contributed by atoms with E-state index in [1.54, 1.807) is 42.5 Å². The molecule has 4 rings (SSSR count). The Hall–Kier alpha value is -3.89. The van der Waals surface area contributed by atoms with Gasteiger partial charge in [-0.2, -0.15) is 0 Å². The third-order valence-corrected chi connectivity index (χ3v) is 5.59. The molecule has 4 N–H and O–H groups in total. The lowest BCUT2D eigenvalue weighted by atomic mass is 10.2. The first kappa shape index (κ1) is 21.3. The van der Waals surface area contributed by atoms with E-state index in [1.165, 1.54) is 24.3 Å². The van der Waals surface area contributed by atoms with E-state index in [0.29, 0.717) is 28.4 Å². The molecule has 1 atom stereocenters. The zero-order valence-corrected chi connectivity index (χ0v) is 17.5. The van der Waals surface area contributed by atoms with E-state index in [0.717, 1.165) is 0 Å². The average Bonchev–Trinajstić information content (AvgIpc) is 2.79. The number of ether oxygens (including phenoxy) is 2. The summed E-state index contributed by atoms with van der Waals surface area (Å²) in [5.74, 6) is 0.327. The maximum Gasteiger partial charge on any atom is 0.269 e. The van der Waals surface area contributed by atoms with Crippen LogP contribution in [0.3, 0.4) is 0 Å². The molecule has 9 nitrogen and oxygen atoms in total. The molecule has 0 saturated carbocycles. The summed E-state index contributed by atoms with van der Waals surface area (Å²) in [5.41, 5.74) is 1.26. The molecule has 3 aromatic carbocycles. The third-order valence-electron chi connectivity index (χ3n) is 4.66. The molecule has 0 radical (unpaired) electrons. The normalized spacial score (nSPS) is 15.0. The Kier molecular flexibility index (Phi) is 5.80. The van der Waals surface area contributed by atoms with Crippen LogP contribution in [0.15, 0.2) is 77.7 Å². The van der Waals surface area contributed by atoms with Crippen LogP contribution in [0.4, 0.5) is 11.4 Å². The Labute approximate surface area is 184 Å². The number of carbonyl (C=O) groups is 2. The van der Waals surface area contributed by atoms with Crippen LogP contribution >= 0.6 is 0 Å². The molecule has 1 heterocycles. The van der Waals surface area contributed by atoms with E-state index < -0.39 is 22.0 Å². The fraction of sp³-hybridized carbons (Fsp3) is 0.0909. The number of nitrogens with one attached hydrogen (secondary N) is 2. The molecule has 2 amide bonds.